The van der Waals surface area contributed by atoms with Crippen molar-refractivity contribution in [1.82, 2.24) is 14.8 Å². The van der Waals surface area contributed by atoms with E-state index in [1.54, 1.807) is 6.33 Å². The van der Waals surface area contributed by atoms with E-state index in [0.29, 0.717) is 0 Å². The Morgan fingerprint density at radius 2 is 1.91 bits per heavy atom. The van der Waals surface area contributed by atoms with E-state index in [1.807, 2.05) is 4.68 Å². The van der Waals surface area contributed by atoms with Crippen molar-refractivity contribution in [1.29, 1.82) is 0 Å². The molecule has 2 atom stereocenters. The van der Waals surface area contributed by atoms with Crippen LogP contribution in [0.2, 0.25) is 0 Å². The summed E-state index contributed by atoms with van der Waals surface area (Å²) in [5, 5.41) is 7.94. The molecule has 0 bridgehead atoms. The summed E-state index contributed by atoms with van der Waals surface area (Å²) in [7, 11) is 0. The zero-order chi connectivity index (χ0) is 15.8. The number of nitrogens with zero attached hydrogens (tertiary/aromatic N) is 3. The zero-order valence-electron chi connectivity index (χ0n) is 12.8. The van der Waals surface area contributed by atoms with Crippen LogP contribution in [0.15, 0.2) is 59.3 Å². The fourth-order valence-corrected chi connectivity index (χ4v) is 3.52. The van der Waals surface area contributed by atoms with Gasteiger partial charge >= 0.3 is 0 Å². The summed E-state index contributed by atoms with van der Waals surface area (Å²) in [6, 6.07) is 17.4. The topological polar surface area (TPSA) is 42.7 Å². The van der Waals surface area contributed by atoms with Crippen LogP contribution in [0.25, 0.3) is 0 Å². The van der Waals surface area contributed by atoms with Gasteiger partial charge in [-0.3, -0.25) is 0 Å². The van der Waals surface area contributed by atoms with Gasteiger partial charge in [-0.1, -0.05) is 52.3 Å². The Morgan fingerprint density at radius 3 is 2.70 bits per heavy atom. The third-order valence-electron chi connectivity index (χ3n) is 4.45. The summed E-state index contributed by atoms with van der Waals surface area (Å²) in [5.74, 6) is 0.831. The lowest BCUT2D eigenvalue weighted by Crippen LogP contribution is -2.28. The predicted octanol–water partition coefficient (Wildman–Crippen LogP) is 4.50. The number of aromatic nitrogens is 3. The standard InChI is InChI=1S/C18H17BrN4/c1-12-4-2-3-5-15(12)17-10-16(13-6-8-14(19)9-7-13)22-18-20-11-21-23(17)18/h2-9,11,16-17H,10H2,1H3,(H,20,21,22)/t16-,17+/m0/s1. The molecule has 1 aromatic heterocycles. The van der Waals surface area contributed by atoms with Crippen LogP contribution in [0.5, 0.6) is 0 Å². The van der Waals surface area contributed by atoms with Gasteiger partial charge in [-0.15, -0.1) is 0 Å². The SMILES string of the molecule is Cc1ccccc1[C@H]1C[C@@H](c2ccc(Br)cc2)Nc2ncnn21. The van der Waals surface area contributed by atoms with E-state index < -0.39 is 0 Å². The number of hydrogen-bond acceptors (Lipinski definition) is 3. The quantitative estimate of drug-likeness (QED) is 0.724. The minimum absolute atomic E-state index is 0.198. The van der Waals surface area contributed by atoms with Gasteiger partial charge in [-0.05, 0) is 42.2 Å². The van der Waals surface area contributed by atoms with Crippen molar-refractivity contribution < 1.29 is 0 Å². The monoisotopic (exact) mass is 368 g/mol. The molecule has 4 nitrogen and oxygen atoms in total. The summed E-state index contributed by atoms with van der Waals surface area (Å²) in [6.45, 7) is 2.16. The van der Waals surface area contributed by atoms with E-state index in [-0.39, 0.29) is 12.1 Å². The highest BCUT2D eigenvalue weighted by Crippen LogP contribution is 2.38. The second-order valence-electron chi connectivity index (χ2n) is 5.88. The fraction of sp³-hybridized carbons (Fsp3) is 0.222. The number of aryl methyl sites for hydroxylation is 1. The van der Waals surface area contributed by atoms with E-state index in [4.69, 9.17) is 0 Å². The van der Waals surface area contributed by atoms with Crippen LogP contribution in [-0.4, -0.2) is 14.8 Å². The minimum Gasteiger partial charge on any atom is -0.348 e. The molecule has 1 aliphatic rings. The van der Waals surface area contributed by atoms with Crippen molar-refractivity contribution in [3.63, 3.8) is 0 Å². The van der Waals surface area contributed by atoms with Gasteiger partial charge in [0.25, 0.3) is 0 Å². The second kappa shape index (κ2) is 5.81. The lowest BCUT2D eigenvalue weighted by molar-refractivity contribution is 0.429. The van der Waals surface area contributed by atoms with Crippen molar-refractivity contribution in [2.75, 3.05) is 5.32 Å². The zero-order valence-corrected chi connectivity index (χ0v) is 14.4. The molecule has 116 valence electrons. The molecule has 1 N–H and O–H groups in total. The van der Waals surface area contributed by atoms with Crippen LogP contribution >= 0.6 is 15.9 Å². The number of rotatable bonds is 2. The molecule has 0 saturated carbocycles. The van der Waals surface area contributed by atoms with E-state index in [9.17, 15) is 0 Å². The lowest BCUT2D eigenvalue weighted by atomic mass is 9.91. The van der Waals surface area contributed by atoms with Crippen LogP contribution < -0.4 is 5.32 Å². The number of benzene rings is 2. The van der Waals surface area contributed by atoms with Gasteiger partial charge in [-0.2, -0.15) is 10.1 Å². The van der Waals surface area contributed by atoms with Crippen molar-refractivity contribution in [2.24, 2.45) is 0 Å². The molecule has 0 fully saturated rings. The maximum absolute atomic E-state index is 4.43. The van der Waals surface area contributed by atoms with Gasteiger partial charge in [0.2, 0.25) is 5.95 Å². The summed E-state index contributed by atoms with van der Waals surface area (Å²) in [6.07, 6.45) is 2.57. The Hall–Kier alpha value is -2.14. The van der Waals surface area contributed by atoms with E-state index in [1.165, 1.54) is 16.7 Å². The summed E-state index contributed by atoms with van der Waals surface area (Å²) in [5.41, 5.74) is 3.86. The largest absolute Gasteiger partial charge is 0.348 e. The van der Waals surface area contributed by atoms with Crippen LogP contribution in [0.3, 0.4) is 0 Å². The second-order valence-corrected chi connectivity index (χ2v) is 6.80. The highest BCUT2D eigenvalue weighted by Gasteiger charge is 2.30. The van der Waals surface area contributed by atoms with E-state index >= 15 is 0 Å². The number of halogens is 1. The van der Waals surface area contributed by atoms with Crippen LogP contribution in [0.1, 0.15) is 35.2 Å². The molecule has 0 radical (unpaired) electrons. The Balaban J connectivity index is 1.75. The Kier molecular flexibility index (Phi) is 3.65. The molecule has 1 aliphatic heterocycles. The molecule has 3 aromatic rings. The average Bonchev–Trinajstić information content (AvgIpc) is 3.04. The summed E-state index contributed by atoms with van der Waals surface area (Å²) in [4.78, 5) is 4.39. The van der Waals surface area contributed by atoms with E-state index in [0.717, 1.165) is 16.8 Å². The third kappa shape index (κ3) is 2.65. The van der Waals surface area contributed by atoms with Crippen molar-refractivity contribution in [2.45, 2.75) is 25.4 Å². The summed E-state index contributed by atoms with van der Waals surface area (Å²) < 4.78 is 3.09. The Morgan fingerprint density at radius 1 is 1.13 bits per heavy atom. The highest BCUT2D eigenvalue weighted by atomic mass is 79.9. The predicted molar refractivity (Wildman–Crippen MR) is 94.5 cm³/mol. The number of nitrogens with one attached hydrogen (secondary N) is 1. The van der Waals surface area contributed by atoms with Gasteiger partial charge in [0.05, 0.1) is 12.1 Å². The number of hydrogen-bond donors (Lipinski definition) is 1. The minimum atomic E-state index is 0.198. The summed E-state index contributed by atoms with van der Waals surface area (Å²) >= 11 is 3.50. The highest BCUT2D eigenvalue weighted by molar-refractivity contribution is 9.10. The van der Waals surface area contributed by atoms with Gasteiger partial charge in [0, 0.05) is 4.47 Å². The van der Waals surface area contributed by atoms with Crippen molar-refractivity contribution in [3.05, 3.63) is 76.0 Å². The molecule has 2 heterocycles. The first-order chi connectivity index (χ1) is 11.2. The van der Waals surface area contributed by atoms with Gasteiger partial charge < -0.3 is 5.32 Å². The molecule has 0 saturated heterocycles. The normalized spacial score (nSPS) is 19.9. The first-order valence-corrected chi connectivity index (χ1v) is 8.49. The molecule has 5 heteroatoms. The van der Waals surface area contributed by atoms with Crippen LogP contribution in [0, 0.1) is 6.92 Å². The third-order valence-corrected chi connectivity index (χ3v) is 4.98. The van der Waals surface area contributed by atoms with Gasteiger partial charge in [0.15, 0.2) is 0 Å². The maximum atomic E-state index is 4.43. The van der Waals surface area contributed by atoms with Crippen LogP contribution in [-0.2, 0) is 0 Å². The van der Waals surface area contributed by atoms with Gasteiger partial charge in [0.1, 0.15) is 6.33 Å². The van der Waals surface area contributed by atoms with Crippen molar-refractivity contribution in [3.8, 4) is 0 Å². The fourth-order valence-electron chi connectivity index (χ4n) is 3.25. The molecular formula is C18H17BrN4. The first-order valence-electron chi connectivity index (χ1n) is 7.69. The van der Waals surface area contributed by atoms with Crippen LogP contribution in [0.4, 0.5) is 5.95 Å². The molecule has 0 unspecified atom stereocenters. The molecular weight excluding hydrogens is 352 g/mol. The smallest absolute Gasteiger partial charge is 0.222 e. The maximum Gasteiger partial charge on any atom is 0.222 e. The van der Waals surface area contributed by atoms with Crippen molar-refractivity contribution >= 4 is 21.9 Å². The average molecular weight is 369 g/mol. The molecule has 0 aliphatic carbocycles. The lowest BCUT2D eigenvalue weighted by Gasteiger charge is -2.32. The molecule has 2 aromatic carbocycles. The first kappa shape index (κ1) is 14.5. The van der Waals surface area contributed by atoms with E-state index in [2.05, 4.69) is 86.8 Å². The number of fused-ring (bicyclic) bond motifs is 1. The number of anilines is 1. The molecule has 4 rings (SSSR count). The van der Waals surface area contributed by atoms with Gasteiger partial charge in [-0.25, -0.2) is 4.68 Å². The molecule has 0 spiro atoms. The Bertz CT molecular complexity index is 825. The molecule has 23 heavy (non-hydrogen) atoms. The molecule has 0 amide bonds. The Labute approximate surface area is 143 Å².